The number of hydrogen-bond acceptors (Lipinski definition) is 5. The van der Waals surface area contributed by atoms with Crippen molar-refractivity contribution in [3.8, 4) is 0 Å². The molecular formula is C13H19NO4S. The summed E-state index contributed by atoms with van der Waals surface area (Å²) in [5, 5.41) is 17.6. The number of ether oxygens (including phenoxy) is 1. The van der Waals surface area contributed by atoms with Gasteiger partial charge in [-0.05, 0) is 18.2 Å². The van der Waals surface area contributed by atoms with E-state index in [9.17, 15) is 4.79 Å². The molecule has 0 aliphatic heterocycles. The number of aliphatic hydroxyl groups is 1. The highest BCUT2D eigenvalue weighted by molar-refractivity contribution is 7.12. The zero-order chi connectivity index (χ0) is 14.1. The van der Waals surface area contributed by atoms with Gasteiger partial charge >= 0.3 is 5.97 Å². The standard InChI is InChI=1S/C13H19NO4S/c1-18-9-7-14(6-8-15)10-12-3-2-11(19-12)4-5-13(16)17/h2-5,15H,6-10H2,1H3,(H,16,17)/b5-4+. The minimum Gasteiger partial charge on any atom is -0.478 e. The molecule has 0 saturated carbocycles. The Balaban J connectivity index is 2.56. The van der Waals surface area contributed by atoms with Gasteiger partial charge < -0.3 is 14.9 Å². The summed E-state index contributed by atoms with van der Waals surface area (Å²) in [6.45, 7) is 2.82. The van der Waals surface area contributed by atoms with E-state index in [0.29, 0.717) is 13.2 Å². The summed E-state index contributed by atoms with van der Waals surface area (Å²) in [6.07, 6.45) is 2.72. The third kappa shape index (κ3) is 6.49. The largest absolute Gasteiger partial charge is 0.478 e. The Morgan fingerprint density at radius 2 is 2.26 bits per heavy atom. The first kappa shape index (κ1) is 15.8. The van der Waals surface area contributed by atoms with E-state index in [1.54, 1.807) is 24.5 Å². The number of aliphatic hydroxyl groups excluding tert-OH is 1. The molecule has 0 fully saturated rings. The summed E-state index contributed by atoms with van der Waals surface area (Å²) in [5.74, 6) is -0.947. The fourth-order valence-corrected chi connectivity index (χ4v) is 2.53. The van der Waals surface area contributed by atoms with Crippen molar-refractivity contribution in [3.05, 3.63) is 28.0 Å². The first-order valence-electron chi connectivity index (χ1n) is 5.97. The normalized spacial score (nSPS) is 11.5. The highest BCUT2D eigenvalue weighted by Gasteiger charge is 2.07. The molecule has 0 spiro atoms. The molecule has 0 aliphatic carbocycles. The van der Waals surface area contributed by atoms with Crippen LogP contribution in [-0.2, 0) is 16.1 Å². The molecule has 0 saturated heterocycles. The second-order valence-electron chi connectivity index (χ2n) is 3.97. The van der Waals surface area contributed by atoms with Gasteiger partial charge in [0.25, 0.3) is 0 Å². The average Bonchev–Trinajstić information content (AvgIpc) is 2.81. The van der Waals surface area contributed by atoms with Crippen molar-refractivity contribution < 1.29 is 19.7 Å². The highest BCUT2D eigenvalue weighted by Crippen LogP contribution is 2.19. The van der Waals surface area contributed by atoms with Crippen molar-refractivity contribution in [2.45, 2.75) is 6.54 Å². The van der Waals surface area contributed by atoms with E-state index in [0.717, 1.165) is 28.9 Å². The maximum absolute atomic E-state index is 10.4. The molecule has 0 aromatic carbocycles. The molecule has 5 nitrogen and oxygen atoms in total. The summed E-state index contributed by atoms with van der Waals surface area (Å²) in [6, 6.07) is 3.87. The number of carboxylic acids is 1. The molecule has 19 heavy (non-hydrogen) atoms. The number of hydrogen-bond donors (Lipinski definition) is 2. The van der Waals surface area contributed by atoms with Crippen molar-refractivity contribution in [3.63, 3.8) is 0 Å². The number of aliphatic carboxylic acids is 1. The van der Waals surface area contributed by atoms with Crippen LogP contribution >= 0.6 is 11.3 Å². The maximum atomic E-state index is 10.4. The fraction of sp³-hybridized carbons (Fsp3) is 0.462. The van der Waals surface area contributed by atoms with Gasteiger partial charge in [0.2, 0.25) is 0 Å². The van der Waals surface area contributed by atoms with Gasteiger partial charge in [-0.3, -0.25) is 4.90 Å². The van der Waals surface area contributed by atoms with Crippen LogP contribution in [0.25, 0.3) is 6.08 Å². The molecule has 0 bridgehead atoms. The average molecular weight is 285 g/mol. The second-order valence-corrected chi connectivity index (χ2v) is 5.17. The van der Waals surface area contributed by atoms with Crippen LogP contribution < -0.4 is 0 Å². The summed E-state index contributed by atoms with van der Waals surface area (Å²) in [7, 11) is 1.65. The summed E-state index contributed by atoms with van der Waals surface area (Å²) >= 11 is 1.55. The number of rotatable bonds is 9. The lowest BCUT2D eigenvalue weighted by atomic mass is 10.3. The van der Waals surface area contributed by atoms with Crippen LogP contribution in [0.2, 0.25) is 0 Å². The van der Waals surface area contributed by atoms with Gasteiger partial charge in [-0.15, -0.1) is 11.3 Å². The van der Waals surface area contributed by atoms with Crippen LogP contribution in [0, 0.1) is 0 Å². The predicted octanol–water partition coefficient (Wildman–Crippen LogP) is 1.29. The number of methoxy groups -OCH3 is 1. The number of thiophene rings is 1. The molecule has 106 valence electrons. The monoisotopic (exact) mass is 285 g/mol. The lowest BCUT2D eigenvalue weighted by Gasteiger charge is -2.19. The molecule has 1 aromatic heterocycles. The third-order valence-electron chi connectivity index (χ3n) is 2.48. The van der Waals surface area contributed by atoms with Crippen molar-refractivity contribution in [1.29, 1.82) is 0 Å². The van der Waals surface area contributed by atoms with Gasteiger partial charge in [-0.1, -0.05) is 0 Å². The van der Waals surface area contributed by atoms with Crippen molar-refractivity contribution in [2.24, 2.45) is 0 Å². The summed E-state index contributed by atoms with van der Waals surface area (Å²) in [5.41, 5.74) is 0. The van der Waals surface area contributed by atoms with E-state index in [4.69, 9.17) is 14.9 Å². The van der Waals surface area contributed by atoms with E-state index in [1.807, 2.05) is 12.1 Å². The minimum atomic E-state index is -0.947. The van der Waals surface area contributed by atoms with Crippen LogP contribution in [0.1, 0.15) is 9.75 Å². The van der Waals surface area contributed by atoms with Gasteiger partial charge in [0.15, 0.2) is 0 Å². The quantitative estimate of drug-likeness (QED) is 0.669. The van der Waals surface area contributed by atoms with Gasteiger partial charge in [0.1, 0.15) is 0 Å². The molecule has 2 N–H and O–H groups in total. The molecule has 0 amide bonds. The number of carboxylic acid groups (broad SMARTS) is 1. The van der Waals surface area contributed by atoms with E-state index >= 15 is 0 Å². The SMILES string of the molecule is COCCN(CCO)Cc1ccc(/C=C/C(=O)O)s1. The fourth-order valence-electron chi connectivity index (χ4n) is 1.57. The summed E-state index contributed by atoms with van der Waals surface area (Å²) in [4.78, 5) is 14.6. The lowest BCUT2D eigenvalue weighted by molar-refractivity contribution is -0.131. The van der Waals surface area contributed by atoms with Crippen LogP contribution in [0.4, 0.5) is 0 Å². The van der Waals surface area contributed by atoms with Gasteiger partial charge in [0, 0.05) is 42.6 Å². The number of nitrogens with zero attached hydrogens (tertiary/aromatic N) is 1. The molecule has 1 rings (SSSR count). The smallest absolute Gasteiger partial charge is 0.328 e. The maximum Gasteiger partial charge on any atom is 0.328 e. The van der Waals surface area contributed by atoms with Gasteiger partial charge in [-0.25, -0.2) is 4.79 Å². The first-order chi connectivity index (χ1) is 9.15. The molecule has 1 heterocycles. The molecule has 1 aromatic rings. The van der Waals surface area contributed by atoms with Gasteiger partial charge in [-0.2, -0.15) is 0 Å². The molecule has 0 radical (unpaired) electrons. The van der Waals surface area contributed by atoms with Gasteiger partial charge in [0.05, 0.1) is 13.2 Å². The first-order valence-corrected chi connectivity index (χ1v) is 6.79. The summed E-state index contributed by atoms with van der Waals surface area (Å²) < 4.78 is 5.03. The Labute approximate surface area is 116 Å². The molecule has 0 atom stereocenters. The van der Waals surface area contributed by atoms with E-state index < -0.39 is 5.97 Å². The van der Waals surface area contributed by atoms with Crippen LogP contribution in [0.15, 0.2) is 18.2 Å². The van der Waals surface area contributed by atoms with E-state index in [2.05, 4.69) is 4.90 Å². The molecule has 0 unspecified atom stereocenters. The highest BCUT2D eigenvalue weighted by atomic mass is 32.1. The zero-order valence-corrected chi connectivity index (χ0v) is 11.7. The predicted molar refractivity (Wildman–Crippen MR) is 75.2 cm³/mol. The number of carbonyl (C=O) groups is 1. The Morgan fingerprint density at radius 3 is 2.89 bits per heavy atom. The van der Waals surface area contributed by atoms with Crippen LogP contribution in [-0.4, -0.2) is 54.5 Å². The van der Waals surface area contributed by atoms with Crippen LogP contribution in [0.5, 0.6) is 0 Å². The van der Waals surface area contributed by atoms with Crippen molar-refractivity contribution in [1.82, 2.24) is 4.90 Å². The molecule has 0 aliphatic rings. The topological polar surface area (TPSA) is 70.0 Å². The van der Waals surface area contributed by atoms with E-state index in [1.165, 1.54) is 0 Å². The Morgan fingerprint density at radius 1 is 1.47 bits per heavy atom. The Bertz CT molecular complexity index is 417. The molecule has 6 heteroatoms. The van der Waals surface area contributed by atoms with E-state index in [-0.39, 0.29) is 6.61 Å². The zero-order valence-electron chi connectivity index (χ0n) is 10.9. The van der Waals surface area contributed by atoms with Crippen molar-refractivity contribution in [2.75, 3.05) is 33.4 Å². The third-order valence-corrected chi connectivity index (χ3v) is 3.52. The van der Waals surface area contributed by atoms with Crippen molar-refractivity contribution >= 4 is 23.4 Å². The Hall–Kier alpha value is -1.21. The lowest BCUT2D eigenvalue weighted by Crippen LogP contribution is -2.29. The van der Waals surface area contributed by atoms with Crippen LogP contribution in [0.3, 0.4) is 0 Å². The molecular weight excluding hydrogens is 266 g/mol. The second kappa shape index (κ2) is 8.82. The Kier molecular flexibility index (Phi) is 7.35. The minimum absolute atomic E-state index is 0.112.